The van der Waals surface area contributed by atoms with Crippen LogP contribution in [0.5, 0.6) is 0 Å². The van der Waals surface area contributed by atoms with Crippen molar-refractivity contribution in [3.63, 3.8) is 0 Å². The Morgan fingerprint density at radius 1 is 1.60 bits per heavy atom. The highest BCUT2D eigenvalue weighted by Gasteiger charge is 2.19. The molecule has 0 saturated heterocycles. The molecule has 0 atom stereocenters. The number of nitrogens with zero attached hydrogens (tertiary/aromatic N) is 2. The van der Waals surface area contributed by atoms with Crippen LogP contribution in [0.1, 0.15) is 31.0 Å². The summed E-state index contributed by atoms with van der Waals surface area (Å²) in [6.45, 7) is 2.04. The van der Waals surface area contributed by atoms with Crippen LogP contribution in [0.2, 0.25) is 0 Å². The summed E-state index contributed by atoms with van der Waals surface area (Å²) in [7, 11) is 0. The van der Waals surface area contributed by atoms with Gasteiger partial charge in [-0.05, 0) is 32.3 Å². The molecule has 0 amide bonds. The molecule has 1 aliphatic carbocycles. The van der Waals surface area contributed by atoms with Gasteiger partial charge in [-0.2, -0.15) is 5.10 Å². The molecule has 2 nitrogen and oxygen atoms in total. The second-order valence-electron chi connectivity index (χ2n) is 3.02. The molecule has 2 heteroatoms. The topological polar surface area (TPSA) is 17.8 Å². The van der Waals surface area contributed by atoms with Crippen molar-refractivity contribution in [1.29, 1.82) is 0 Å². The molecule has 1 aromatic heterocycles. The van der Waals surface area contributed by atoms with Crippen LogP contribution in [0.3, 0.4) is 0 Å². The van der Waals surface area contributed by atoms with Gasteiger partial charge in [-0.25, -0.2) is 0 Å². The summed E-state index contributed by atoms with van der Waals surface area (Å²) >= 11 is 0. The van der Waals surface area contributed by atoms with Crippen molar-refractivity contribution in [2.75, 3.05) is 0 Å². The minimum Gasteiger partial charge on any atom is -0.269 e. The summed E-state index contributed by atoms with van der Waals surface area (Å²) in [5, 5.41) is 4.35. The average Bonchev–Trinajstić information content (AvgIpc) is 2.10. The van der Waals surface area contributed by atoms with Crippen LogP contribution in [0, 0.1) is 6.92 Å². The molecule has 0 spiro atoms. The zero-order valence-electron chi connectivity index (χ0n) is 6.25. The van der Waals surface area contributed by atoms with E-state index in [-0.39, 0.29) is 0 Å². The first-order valence-corrected chi connectivity index (χ1v) is 3.88. The third-order valence-corrected chi connectivity index (χ3v) is 2.19. The Kier molecular flexibility index (Phi) is 1.26. The molecule has 2 rings (SSSR count). The minimum atomic E-state index is 0.716. The normalized spacial score (nSPS) is 18.9. The fourth-order valence-electron chi connectivity index (χ4n) is 1.29. The monoisotopic (exact) mass is 136 g/mol. The summed E-state index contributed by atoms with van der Waals surface area (Å²) in [5.41, 5.74) is 1.13. The van der Waals surface area contributed by atoms with Crippen molar-refractivity contribution in [2.24, 2.45) is 0 Å². The van der Waals surface area contributed by atoms with Crippen molar-refractivity contribution in [2.45, 2.75) is 32.2 Å². The lowest BCUT2D eigenvalue weighted by atomic mass is 9.93. The lowest BCUT2D eigenvalue weighted by molar-refractivity contribution is 0.288. The Hall–Kier alpha value is -0.790. The van der Waals surface area contributed by atoms with Crippen LogP contribution in [-0.4, -0.2) is 9.78 Å². The van der Waals surface area contributed by atoms with Gasteiger partial charge in [0.05, 0.1) is 11.7 Å². The minimum absolute atomic E-state index is 0.716. The standard InChI is InChI=1S/C8H12N2/c1-7-5-6-10(9-7)8-3-2-4-8/h5-6,8H,2-4H2,1H3. The Morgan fingerprint density at radius 2 is 2.40 bits per heavy atom. The third-order valence-electron chi connectivity index (χ3n) is 2.19. The van der Waals surface area contributed by atoms with E-state index in [9.17, 15) is 0 Å². The predicted octanol–water partition coefficient (Wildman–Crippen LogP) is 1.92. The lowest BCUT2D eigenvalue weighted by Gasteiger charge is -2.25. The first-order chi connectivity index (χ1) is 4.86. The zero-order chi connectivity index (χ0) is 6.97. The van der Waals surface area contributed by atoms with Crippen molar-refractivity contribution in [3.05, 3.63) is 18.0 Å². The Balaban J connectivity index is 2.17. The van der Waals surface area contributed by atoms with Gasteiger partial charge in [0.2, 0.25) is 0 Å². The second-order valence-corrected chi connectivity index (χ2v) is 3.02. The molecule has 54 valence electrons. The molecule has 0 N–H and O–H groups in total. The number of hydrogen-bond donors (Lipinski definition) is 0. The van der Waals surface area contributed by atoms with E-state index in [1.54, 1.807) is 0 Å². The van der Waals surface area contributed by atoms with E-state index in [1.807, 2.05) is 6.92 Å². The van der Waals surface area contributed by atoms with Gasteiger partial charge in [0.25, 0.3) is 0 Å². The summed E-state index contributed by atoms with van der Waals surface area (Å²) in [6.07, 6.45) is 6.10. The SMILES string of the molecule is Cc1ccn(C2CCC2)n1. The van der Waals surface area contributed by atoms with Gasteiger partial charge in [0.15, 0.2) is 0 Å². The van der Waals surface area contributed by atoms with Crippen LogP contribution in [0.25, 0.3) is 0 Å². The molecule has 1 saturated carbocycles. The van der Waals surface area contributed by atoms with Crippen molar-refractivity contribution in [1.82, 2.24) is 9.78 Å². The van der Waals surface area contributed by atoms with Gasteiger partial charge >= 0.3 is 0 Å². The number of aromatic nitrogens is 2. The average molecular weight is 136 g/mol. The van der Waals surface area contributed by atoms with E-state index in [2.05, 4.69) is 22.0 Å². The Labute approximate surface area is 60.9 Å². The van der Waals surface area contributed by atoms with Crippen LogP contribution in [0.15, 0.2) is 12.3 Å². The maximum atomic E-state index is 4.35. The summed E-state index contributed by atoms with van der Waals surface area (Å²) in [4.78, 5) is 0. The van der Waals surface area contributed by atoms with Gasteiger partial charge in [-0.1, -0.05) is 0 Å². The smallest absolute Gasteiger partial charge is 0.0593 e. The van der Waals surface area contributed by atoms with Gasteiger partial charge in [0, 0.05) is 6.20 Å². The first-order valence-electron chi connectivity index (χ1n) is 3.88. The predicted molar refractivity (Wildman–Crippen MR) is 39.9 cm³/mol. The number of rotatable bonds is 1. The van der Waals surface area contributed by atoms with Gasteiger partial charge in [-0.15, -0.1) is 0 Å². The van der Waals surface area contributed by atoms with E-state index in [0.29, 0.717) is 6.04 Å². The highest BCUT2D eigenvalue weighted by atomic mass is 15.3. The van der Waals surface area contributed by atoms with E-state index in [1.165, 1.54) is 19.3 Å². The Morgan fingerprint density at radius 3 is 2.80 bits per heavy atom. The van der Waals surface area contributed by atoms with E-state index >= 15 is 0 Å². The molecular formula is C8H12N2. The fraction of sp³-hybridized carbons (Fsp3) is 0.625. The number of hydrogen-bond acceptors (Lipinski definition) is 1. The van der Waals surface area contributed by atoms with Crippen molar-refractivity contribution in [3.8, 4) is 0 Å². The molecule has 1 aromatic rings. The molecule has 0 aromatic carbocycles. The Bertz CT molecular complexity index is 223. The van der Waals surface area contributed by atoms with Gasteiger partial charge in [0.1, 0.15) is 0 Å². The zero-order valence-corrected chi connectivity index (χ0v) is 6.25. The summed E-state index contributed by atoms with van der Waals surface area (Å²) in [6, 6.07) is 2.78. The van der Waals surface area contributed by atoms with Gasteiger partial charge < -0.3 is 0 Å². The first kappa shape index (κ1) is 5.96. The quantitative estimate of drug-likeness (QED) is 0.576. The van der Waals surface area contributed by atoms with Crippen LogP contribution >= 0.6 is 0 Å². The summed E-state index contributed by atoms with van der Waals surface area (Å²) < 4.78 is 2.10. The molecule has 0 bridgehead atoms. The highest BCUT2D eigenvalue weighted by Crippen LogP contribution is 2.30. The molecule has 1 heterocycles. The maximum Gasteiger partial charge on any atom is 0.0593 e. The third kappa shape index (κ3) is 0.838. The van der Waals surface area contributed by atoms with Crippen LogP contribution < -0.4 is 0 Å². The maximum absolute atomic E-state index is 4.35. The fourth-order valence-corrected chi connectivity index (χ4v) is 1.29. The number of aryl methyl sites for hydroxylation is 1. The molecule has 1 fully saturated rings. The van der Waals surface area contributed by atoms with Crippen LogP contribution in [0.4, 0.5) is 0 Å². The van der Waals surface area contributed by atoms with E-state index in [0.717, 1.165) is 5.69 Å². The highest BCUT2D eigenvalue weighted by molar-refractivity contribution is 4.96. The van der Waals surface area contributed by atoms with E-state index < -0.39 is 0 Å². The molecule has 0 radical (unpaired) electrons. The molecule has 10 heavy (non-hydrogen) atoms. The lowest BCUT2D eigenvalue weighted by Crippen LogP contribution is -2.17. The second kappa shape index (κ2) is 2.11. The van der Waals surface area contributed by atoms with Gasteiger partial charge in [-0.3, -0.25) is 4.68 Å². The molecule has 0 unspecified atom stereocenters. The van der Waals surface area contributed by atoms with Crippen molar-refractivity contribution >= 4 is 0 Å². The van der Waals surface area contributed by atoms with Crippen molar-refractivity contribution < 1.29 is 0 Å². The molecular weight excluding hydrogens is 124 g/mol. The molecule has 1 aliphatic rings. The van der Waals surface area contributed by atoms with E-state index in [4.69, 9.17) is 0 Å². The van der Waals surface area contributed by atoms with Crippen LogP contribution in [-0.2, 0) is 0 Å². The molecule has 0 aliphatic heterocycles. The largest absolute Gasteiger partial charge is 0.269 e. The summed E-state index contributed by atoms with van der Waals surface area (Å²) in [5.74, 6) is 0.